The summed E-state index contributed by atoms with van der Waals surface area (Å²) in [5, 5.41) is 9.56. The van der Waals surface area contributed by atoms with E-state index in [1.54, 1.807) is 24.3 Å². The van der Waals surface area contributed by atoms with E-state index in [-0.39, 0.29) is 10.8 Å². The number of fused-ring (bicyclic) bond motifs is 1. The molecule has 0 aliphatic heterocycles. The van der Waals surface area contributed by atoms with Crippen LogP contribution in [0.1, 0.15) is 49.4 Å². The quantitative estimate of drug-likeness (QED) is 0.353. The van der Waals surface area contributed by atoms with E-state index in [2.05, 4.69) is 39.7 Å². The number of hydrogen-bond acceptors (Lipinski definition) is 4. The topological polar surface area (TPSA) is 64.8 Å². The molecular formula is C20H21IN3O2S. The maximum Gasteiger partial charge on any atom is 0.269 e. The Balaban J connectivity index is 1.88. The number of aryl methyl sites for hydroxylation is 1. The third kappa shape index (κ3) is 3.51. The second-order valence-corrected chi connectivity index (χ2v) is 9.81. The van der Waals surface area contributed by atoms with Crippen molar-refractivity contribution in [1.82, 2.24) is 14.2 Å². The van der Waals surface area contributed by atoms with Crippen LogP contribution < -0.4 is 0 Å². The number of hydrogen-bond donors (Lipinski definition) is 0. The largest absolute Gasteiger partial charge is 0.269 e. The number of nitrogens with zero attached hydrogens (tertiary/aromatic N) is 3. The van der Waals surface area contributed by atoms with Crippen molar-refractivity contribution < 1.29 is 8.42 Å². The highest BCUT2D eigenvalue weighted by molar-refractivity contribution is 14.1. The summed E-state index contributed by atoms with van der Waals surface area (Å²) >= 11 is 2.27. The van der Waals surface area contributed by atoms with Crippen molar-refractivity contribution in [3.63, 3.8) is 0 Å². The Hall–Kier alpha value is -1.48. The van der Waals surface area contributed by atoms with Crippen LogP contribution in [0.25, 0.3) is 11.0 Å². The minimum absolute atomic E-state index is 0.277. The van der Waals surface area contributed by atoms with Gasteiger partial charge >= 0.3 is 0 Å². The molecule has 1 saturated carbocycles. The van der Waals surface area contributed by atoms with Gasteiger partial charge in [-0.1, -0.05) is 38.0 Å². The summed E-state index contributed by atoms with van der Waals surface area (Å²) in [7, 11) is -3.71. The molecule has 5 nitrogen and oxygen atoms in total. The van der Waals surface area contributed by atoms with Gasteiger partial charge in [0.25, 0.3) is 10.0 Å². The summed E-state index contributed by atoms with van der Waals surface area (Å²) in [6, 6.07) is 10.6. The van der Waals surface area contributed by atoms with E-state index >= 15 is 0 Å². The SMILES string of the molecule is [CH2]CCCCc1cc2c(I)c(C3CC3)n(S(=O)(=O)c3ccccc3)c2nn1. The van der Waals surface area contributed by atoms with Crippen molar-refractivity contribution in [2.75, 3.05) is 0 Å². The van der Waals surface area contributed by atoms with Crippen molar-refractivity contribution in [3.8, 4) is 0 Å². The van der Waals surface area contributed by atoms with Gasteiger partial charge in [-0.2, -0.15) is 5.10 Å². The van der Waals surface area contributed by atoms with Gasteiger partial charge < -0.3 is 0 Å². The van der Waals surface area contributed by atoms with Crippen molar-refractivity contribution in [2.45, 2.75) is 49.3 Å². The maximum atomic E-state index is 13.4. The van der Waals surface area contributed by atoms with Gasteiger partial charge in [-0.3, -0.25) is 0 Å². The van der Waals surface area contributed by atoms with Gasteiger partial charge in [-0.25, -0.2) is 12.4 Å². The fraction of sp³-hybridized carbons (Fsp3) is 0.350. The Morgan fingerprint density at radius 3 is 2.56 bits per heavy atom. The fourth-order valence-corrected chi connectivity index (χ4v) is 6.14. The van der Waals surface area contributed by atoms with Crippen molar-refractivity contribution in [2.24, 2.45) is 0 Å². The van der Waals surface area contributed by atoms with E-state index in [9.17, 15) is 8.42 Å². The molecule has 0 N–H and O–H groups in total. The highest BCUT2D eigenvalue weighted by Crippen LogP contribution is 2.46. The number of unbranched alkanes of at least 4 members (excludes halogenated alkanes) is 2. The molecule has 1 aliphatic carbocycles. The predicted molar refractivity (Wildman–Crippen MR) is 114 cm³/mol. The molecule has 141 valence electrons. The lowest BCUT2D eigenvalue weighted by atomic mass is 10.1. The number of benzene rings is 1. The molecule has 1 aromatic carbocycles. The van der Waals surface area contributed by atoms with Gasteiger partial charge in [0.15, 0.2) is 5.65 Å². The minimum atomic E-state index is -3.71. The van der Waals surface area contributed by atoms with Gasteiger partial charge in [0.1, 0.15) is 0 Å². The third-order valence-corrected chi connectivity index (χ3v) is 7.73. The Bertz CT molecular complexity index is 1070. The zero-order chi connectivity index (χ0) is 19.0. The molecule has 0 saturated heterocycles. The van der Waals surface area contributed by atoms with Crippen molar-refractivity contribution in [3.05, 3.63) is 58.3 Å². The Morgan fingerprint density at radius 1 is 1.15 bits per heavy atom. The molecule has 0 bridgehead atoms. The first-order chi connectivity index (χ1) is 13.0. The lowest BCUT2D eigenvalue weighted by molar-refractivity contribution is 0.586. The third-order valence-electron chi connectivity index (χ3n) is 4.88. The van der Waals surface area contributed by atoms with Crippen LogP contribution in [0, 0.1) is 10.5 Å². The average molecular weight is 494 g/mol. The second kappa shape index (κ2) is 7.50. The average Bonchev–Trinajstić information content (AvgIpc) is 3.47. The zero-order valence-electron chi connectivity index (χ0n) is 14.9. The maximum absolute atomic E-state index is 13.4. The van der Waals surface area contributed by atoms with Crippen molar-refractivity contribution >= 4 is 43.6 Å². The zero-order valence-corrected chi connectivity index (χ0v) is 17.9. The minimum Gasteiger partial charge on any atom is -0.218 e. The number of rotatable bonds is 7. The van der Waals surface area contributed by atoms with E-state index in [4.69, 9.17) is 0 Å². The standard InChI is InChI=1S/C20H21IN3O2S/c1-2-3-5-8-15-13-17-18(21)19(14-11-12-14)24(20(17)23-22-15)27(25,26)16-9-6-4-7-10-16/h4,6-7,9-10,13-14H,1-3,5,8,11-12H2. The Kier molecular flexibility index (Phi) is 5.24. The summed E-state index contributed by atoms with van der Waals surface area (Å²) in [4.78, 5) is 0.279. The molecule has 0 amide bonds. The molecule has 3 aromatic rings. The van der Waals surface area contributed by atoms with Gasteiger partial charge in [-0.05, 0) is 66.5 Å². The number of aromatic nitrogens is 3. The molecule has 4 rings (SSSR count). The van der Waals surface area contributed by atoms with Crippen LogP contribution in [0.5, 0.6) is 0 Å². The molecule has 2 aromatic heterocycles. The first kappa shape index (κ1) is 18.9. The predicted octanol–water partition coefficient (Wildman–Crippen LogP) is 4.70. The first-order valence-corrected chi connectivity index (χ1v) is 11.7. The lowest BCUT2D eigenvalue weighted by Gasteiger charge is -2.11. The molecule has 27 heavy (non-hydrogen) atoms. The normalized spacial score (nSPS) is 14.7. The van der Waals surface area contributed by atoms with Crippen LogP contribution in [0.4, 0.5) is 0 Å². The summed E-state index contributed by atoms with van der Waals surface area (Å²) in [6.07, 6.45) is 5.84. The summed E-state index contributed by atoms with van der Waals surface area (Å²) < 4.78 is 29.2. The smallest absolute Gasteiger partial charge is 0.218 e. The fourth-order valence-electron chi connectivity index (χ4n) is 3.33. The monoisotopic (exact) mass is 494 g/mol. The van der Waals surface area contributed by atoms with Crippen LogP contribution in [0.3, 0.4) is 0 Å². The second-order valence-electron chi connectivity index (χ2n) is 6.94. The van der Waals surface area contributed by atoms with Gasteiger partial charge in [0, 0.05) is 14.9 Å². The molecule has 0 unspecified atom stereocenters. The number of halogens is 1. The van der Waals surface area contributed by atoms with E-state index in [0.29, 0.717) is 5.65 Å². The molecule has 0 atom stereocenters. The summed E-state index contributed by atoms with van der Waals surface area (Å²) in [5.74, 6) is 0.277. The Morgan fingerprint density at radius 2 is 1.89 bits per heavy atom. The van der Waals surface area contributed by atoms with Crippen LogP contribution in [-0.4, -0.2) is 22.6 Å². The highest BCUT2D eigenvalue weighted by atomic mass is 127. The van der Waals surface area contributed by atoms with Crippen LogP contribution >= 0.6 is 22.6 Å². The summed E-state index contributed by atoms with van der Waals surface area (Å²) in [5.41, 5.74) is 2.20. The van der Waals surface area contributed by atoms with Gasteiger partial charge in [0.2, 0.25) is 0 Å². The molecular weight excluding hydrogens is 473 g/mol. The highest BCUT2D eigenvalue weighted by Gasteiger charge is 2.36. The van der Waals surface area contributed by atoms with E-state index in [0.717, 1.165) is 58.9 Å². The van der Waals surface area contributed by atoms with E-state index in [1.165, 1.54) is 3.97 Å². The van der Waals surface area contributed by atoms with Gasteiger partial charge in [-0.15, -0.1) is 5.10 Å². The molecule has 1 fully saturated rings. The van der Waals surface area contributed by atoms with Gasteiger partial charge in [0.05, 0.1) is 16.3 Å². The molecule has 1 radical (unpaired) electrons. The molecule has 1 aliphatic rings. The van der Waals surface area contributed by atoms with Crippen LogP contribution in [-0.2, 0) is 16.4 Å². The van der Waals surface area contributed by atoms with E-state index < -0.39 is 10.0 Å². The molecule has 2 heterocycles. The van der Waals surface area contributed by atoms with Crippen LogP contribution in [0.2, 0.25) is 0 Å². The lowest BCUT2D eigenvalue weighted by Crippen LogP contribution is -2.16. The van der Waals surface area contributed by atoms with E-state index in [1.807, 2.05) is 12.1 Å². The van der Waals surface area contributed by atoms with Crippen molar-refractivity contribution in [1.29, 1.82) is 0 Å². The first-order valence-electron chi connectivity index (χ1n) is 9.20. The molecule has 7 heteroatoms. The van der Waals surface area contributed by atoms with Crippen LogP contribution in [0.15, 0.2) is 41.3 Å². The molecule has 0 spiro atoms. The summed E-state index contributed by atoms with van der Waals surface area (Å²) in [6.45, 7) is 3.87. The Labute approximate surface area is 173 Å².